The van der Waals surface area contributed by atoms with Gasteiger partial charge < -0.3 is 0 Å². The van der Waals surface area contributed by atoms with Crippen LogP contribution in [0.25, 0.3) is 0 Å². The van der Waals surface area contributed by atoms with Crippen LogP contribution in [0.4, 0.5) is 5.69 Å². The zero-order chi connectivity index (χ0) is 26.3. The van der Waals surface area contributed by atoms with Gasteiger partial charge in [0.1, 0.15) is 0 Å². The number of aryl methyl sites for hydroxylation is 1. The molecule has 2 aromatic rings. The summed E-state index contributed by atoms with van der Waals surface area (Å²) >= 11 is -2.55. The van der Waals surface area contributed by atoms with Crippen LogP contribution in [-0.2, 0) is 12.8 Å². The van der Waals surface area contributed by atoms with E-state index in [4.69, 9.17) is 0 Å². The molecule has 3 nitrogen and oxygen atoms in total. The van der Waals surface area contributed by atoms with Crippen molar-refractivity contribution in [2.45, 2.75) is 105 Å². The first-order valence-electron chi connectivity index (χ1n) is 15.4. The summed E-state index contributed by atoms with van der Waals surface area (Å²) in [4.78, 5) is 5.17. The Bertz CT molecular complexity index is 962. The molecule has 0 unspecified atom stereocenters. The van der Waals surface area contributed by atoms with Gasteiger partial charge in [-0.25, -0.2) is 0 Å². The number of fused-ring (bicyclic) bond motifs is 1. The number of nitrogens with zero attached hydrogens (tertiary/aromatic N) is 2. The third-order valence-electron chi connectivity index (χ3n) is 9.40. The van der Waals surface area contributed by atoms with Crippen molar-refractivity contribution in [2.75, 3.05) is 31.1 Å². The Morgan fingerprint density at radius 2 is 1.41 bits per heavy atom. The van der Waals surface area contributed by atoms with Gasteiger partial charge in [-0.15, -0.1) is 0 Å². The van der Waals surface area contributed by atoms with Crippen LogP contribution in [0.2, 0.25) is 13.3 Å². The van der Waals surface area contributed by atoms with E-state index in [2.05, 4.69) is 80.0 Å². The zero-order valence-electron chi connectivity index (χ0n) is 24.1. The van der Waals surface area contributed by atoms with E-state index in [-0.39, 0.29) is 12.1 Å². The monoisotopic (exact) mass is 612 g/mol. The number of para-hydroxylation sites is 1. The van der Waals surface area contributed by atoms with Crippen LogP contribution in [0.5, 0.6) is 0 Å². The van der Waals surface area contributed by atoms with E-state index in [1.165, 1.54) is 68.6 Å². The Hall–Kier alpha value is -1.04. The van der Waals surface area contributed by atoms with Gasteiger partial charge >= 0.3 is 232 Å². The van der Waals surface area contributed by atoms with Crippen molar-refractivity contribution < 1.29 is 5.11 Å². The van der Waals surface area contributed by atoms with E-state index in [0.717, 1.165) is 39.0 Å². The Kier molecular flexibility index (Phi) is 10.8. The Balaban J connectivity index is 1.58. The molecule has 1 aliphatic heterocycles. The van der Waals surface area contributed by atoms with Gasteiger partial charge in [0.2, 0.25) is 0 Å². The number of aliphatic hydroxyl groups excluding tert-OH is 1. The van der Waals surface area contributed by atoms with Gasteiger partial charge in [0.05, 0.1) is 0 Å². The molecule has 4 heteroatoms. The molecule has 1 N–H and O–H groups in total. The molecule has 1 saturated heterocycles. The van der Waals surface area contributed by atoms with E-state index < -0.39 is 18.4 Å². The predicted octanol–water partition coefficient (Wildman–Crippen LogP) is 6.70. The predicted molar refractivity (Wildman–Crippen MR) is 163 cm³/mol. The summed E-state index contributed by atoms with van der Waals surface area (Å²) in [7, 11) is 0. The minimum absolute atomic E-state index is 0.251. The fourth-order valence-corrected chi connectivity index (χ4v) is 24.3. The molecule has 0 saturated carbocycles. The summed E-state index contributed by atoms with van der Waals surface area (Å²) in [5.41, 5.74) is 5.88. The van der Waals surface area contributed by atoms with Crippen LogP contribution in [0.15, 0.2) is 42.5 Å². The number of unbranched alkanes of at least 4 members (excludes halogenated alkanes) is 3. The molecule has 204 valence electrons. The van der Waals surface area contributed by atoms with Crippen LogP contribution in [0, 0.1) is 6.92 Å². The number of benzene rings is 2. The molecule has 1 heterocycles. The molecule has 1 fully saturated rings. The average Bonchev–Trinajstić information content (AvgIpc) is 2.93. The van der Waals surface area contributed by atoms with Crippen molar-refractivity contribution in [2.24, 2.45) is 0 Å². The Morgan fingerprint density at radius 1 is 0.784 bits per heavy atom. The van der Waals surface area contributed by atoms with Crippen molar-refractivity contribution in [3.05, 3.63) is 59.2 Å². The van der Waals surface area contributed by atoms with Gasteiger partial charge in [-0.2, -0.15) is 0 Å². The first kappa shape index (κ1) is 29.0. The van der Waals surface area contributed by atoms with Crippen LogP contribution in [-0.4, -0.2) is 66.7 Å². The second kappa shape index (κ2) is 13.8. The molecule has 2 atom stereocenters. The zero-order valence-corrected chi connectivity index (χ0v) is 27.0. The summed E-state index contributed by atoms with van der Waals surface area (Å²) in [5.74, 6) is 0. The van der Waals surface area contributed by atoms with Gasteiger partial charge in [0.25, 0.3) is 0 Å². The van der Waals surface area contributed by atoms with Crippen molar-refractivity contribution >= 4 is 27.6 Å². The average molecular weight is 612 g/mol. The van der Waals surface area contributed by atoms with Gasteiger partial charge in [-0.1, -0.05) is 0 Å². The second-order valence-corrected chi connectivity index (χ2v) is 25.0. The quantitative estimate of drug-likeness (QED) is 0.271. The van der Waals surface area contributed by atoms with Gasteiger partial charge in [-0.05, 0) is 0 Å². The van der Waals surface area contributed by atoms with Crippen molar-refractivity contribution in [3.63, 3.8) is 0 Å². The van der Waals surface area contributed by atoms with Crippen molar-refractivity contribution in [3.8, 4) is 0 Å². The molecule has 0 bridgehead atoms. The molecule has 2 aromatic carbocycles. The van der Waals surface area contributed by atoms with Crippen LogP contribution in [0.1, 0.15) is 76.0 Å². The molecule has 2 aliphatic rings. The van der Waals surface area contributed by atoms with E-state index in [1.807, 2.05) is 3.58 Å². The second-order valence-electron chi connectivity index (χ2n) is 11.9. The molecule has 4 rings (SSSR count). The standard InChI is InChI=1S/C21H25N2O.3C4H9.Sn/c1-16-6-2-5-9-19(16)22-10-12-23(13-11-22)20-14-17-7-3-4-8-18(17)15-21(20)24;3*1-3-4-2;/h2-6,8-9,20-21,24H,10-15H2,1H3;3*1,3-4H2,2H3;/t20-,21-;;;;/m1..../s1. The Labute approximate surface area is 231 Å². The molecular weight excluding hydrogens is 559 g/mol. The number of rotatable bonds is 12. The number of piperazine rings is 1. The fourth-order valence-electron chi connectivity index (χ4n) is 7.18. The molecule has 0 radical (unpaired) electrons. The maximum absolute atomic E-state index is 11.4. The first-order chi connectivity index (χ1) is 18.0. The van der Waals surface area contributed by atoms with Crippen molar-refractivity contribution in [1.82, 2.24) is 4.90 Å². The van der Waals surface area contributed by atoms with E-state index in [1.54, 1.807) is 5.56 Å². The first-order valence-corrected chi connectivity index (χ1v) is 22.8. The number of hydrogen-bond donors (Lipinski definition) is 1. The summed E-state index contributed by atoms with van der Waals surface area (Å²) in [6, 6.07) is 16.3. The summed E-state index contributed by atoms with van der Waals surface area (Å²) in [6.07, 6.45) is 9.80. The van der Waals surface area contributed by atoms with Crippen LogP contribution >= 0.6 is 0 Å². The summed E-state index contributed by atoms with van der Waals surface area (Å²) in [6.45, 7) is 13.5. The van der Waals surface area contributed by atoms with E-state index in [9.17, 15) is 5.11 Å². The van der Waals surface area contributed by atoms with E-state index >= 15 is 0 Å². The third-order valence-corrected chi connectivity index (χ3v) is 25.2. The molecule has 1 aliphatic carbocycles. The van der Waals surface area contributed by atoms with Crippen LogP contribution < -0.4 is 8.48 Å². The SMILES string of the molecule is CCC[CH2][Sn]([CH2]CCC)([CH2]CCC)[c]1cccc2c1C[C@@H](N1CCN(c3ccccc3C)CC1)[C@H](O)C2. The third kappa shape index (κ3) is 6.76. The summed E-state index contributed by atoms with van der Waals surface area (Å²) in [5, 5.41) is 11.4. The number of anilines is 1. The molecule has 0 amide bonds. The minimum atomic E-state index is -2.55. The molecule has 0 aromatic heterocycles. The van der Waals surface area contributed by atoms with Gasteiger partial charge in [0, 0.05) is 0 Å². The fraction of sp³-hybridized carbons (Fsp3) is 0.636. The van der Waals surface area contributed by atoms with E-state index in [0.29, 0.717) is 0 Å². The van der Waals surface area contributed by atoms with Gasteiger partial charge in [-0.3, -0.25) is 0 Å². The number of aliphatic hydroxyl groups is 1. The van der Waals surface area contributed by atoms with Crippen molar-refractivity contribution in [1.29, 1.82) is 0 Å². The molecule has 0 spiro atoms. The normalized spacial score (nSPS) is 20.7. The number of hydrogen-bond acceptors (Lipinski definition) is 3. The topological polar surface area (TPSA) is 26.7 Å². The van der Waals surface area contributed by atoms with Gasteiger partial charge in [0.15, 0.2) is 0 Å². The maximum atomic E-state index is 11.4. The van der Waals surface area contributed by atoms with Crippen LogP contribution in [0.3, 0.4) is 0 Å². The Morgan fingerprint density at radius 3 is 2.00 bits per heavy atom. The summed E-state index contributed by atoms with van der Waals surface area (Å²) < 4.78 is 6.40. The molecular formula is C33H52N2OSn. The molecule has 37 heavy (non-hydrogen) atoms.